The second-order valence-corrected chi connectivity index (χ2v) is 22.6. The van der Waals surface area contributed by atoms with Crippen molar-refractivity contribution in [1.82, 2.24) is 29.7 Å². The lowest BCUT2D eigenvalue weighted by molar-refractivity contribution is -0.117. The largest absolute Gasteiger partial charge is 0.378 e. The number of benzene rings is 3. The Hall–Kier alpha value is -8.48. The van der Waals surface area contributed by atoms with Crippen molar-refractivity contribution in [2.75, 3.05) is 158 Å². The second kappa shape index (κ2) is 39.4. The zero-order valence-electron chi connectivity index (χ0n) is 54.6. The summed E-state index contributed by atoms with van der Waals surface area (Å²) in [7, 11) is 5.00. The SMILES string of the molecule is CC(=O)N1c2ccc(-c3ccc(C(=O)NCCOCCOCCOCCOCCOCCOCCOCCOCCNC(=O)c4cc(NC(=O)CCNC(=O)c5cc(NC(=O)c6cc(NC(=O)CCN)cn6C)cn5C)cn4C)cc3)cc2[C@H](Nc2ccc(Cl)cc2)C[C@@H]1C. The second-order valence-electron chi connectivity index (χ2n) is 22.2. The smallest absolute Gasteiger partial charge is 0.272 e. The first-order valence-corrected chi connectivity index (χ1v) is 32.0. The molecule has 7 rings (SSSR count). The van der Waals surface area contributed by atoms with Gasteiger partial charge in [0.2, 0.25) is 17.7 Å². The van der Waals surface area contributed by atoms with Gasteiger partial charge < -0.3 is 99.4 Å². The molecule has 0 saturated heterocycles. The first-order valence-electron chi connectivity index (χ1n) is 31.6. The van der Waals surface area contributed by atoms with Crippen LogP contribution in [0, 0.1) is 0 Å². The van der Waals surface area contributed by atoms with Crippen molar-refractivity contribution in [3.05, 3.63) is 137 Å². The predicted octanol–water partition coefficient (Wildman–Crippen LogP) is 5.91. The lowest BCUT2D eigenvalue weighted by atomic mass is 9.88. The van der Waals surface area contributed by atoms with Gasteiger partial charge in [-0.05, 0) is 96.8 Å². The predicted molar refractivity (Wildman–Crippen MR) is 360 cm³/mol. The number of nitrogens with two attached hydrogens (primary N) is 1. The molecule has 0 unspecified atom stereocenters. The van der Waals surface area contributed by atoms with Crippen LogP contribution in [0.1, 0.15) is 86.5 Å². The van der Waals surface area contributed by atoms with Crippen LogP contribution in [0.2, 0.25) is 5.02 Å². The van der Waals surface area contributed by atoms with E-state index in [0.717, 1.165) is 34.5 Å². The molecule has 3 aromatic heterocycles. The lowest BCUT2D eigenvalue weighted by Gasteiger charge is -2.39. The lowest BCUT2D eigenvalue weighted by Crippen LogP contribution is -2.43. The van der Waals surface area contributed by atoms with Gasteiger partial charge in [0.15, 0.2) is 0 Å². The van der Waals surface area contributed by atoms with Crippen molar-refractivity contribution >= 4 is 81.4 Å². The van der Waals surface area contributed by atoms with E-state index < -0.39 is 11.8 Å². The Morgan fingerprint density at radius 2 is 0.884 bits per heavy atom. The number of hydrogen-bond acceptors (Lipinski definition) is 17. The average molecular weight is 1340 g/mol. The standard InChI is InChI=1S/C67H89ClN12O15/c1-46-38-57(73-52-13-11-51(68)12-14-52)56-39-50(10-15-58(56)80(46)47(2)81)48-6-8-49(9-7-48)64(84)71-20-22-88-24-26-90-28-30-92-32-34-94-36-37-95-35-33-93-31-29-91-27-25-89-23-21-72-66(86)59-40-53(43-77(59)3)75-63(83)17-19-70-65(85)60-42-55(45-78(60)4)76-67(87)61-41-54(44-79(61)5)74-62(82)16-18-69/h6-15,39-46,57,73H,16-38,69H2,1-5H3,(H,70,85)(H,71,84)(H,72,86)(H,74,82)(H,75,83)(H,76,87)/t46-,57+/m0/s1. The Morgan fingerprint density at radius 3 is 1.35 bits per heavy atom. The van der Waals surface area contributed by atoms with Gasteiger partial charge in [0.1, 0.15) is 17.1 Å². The van der Waals surface area contributed by atoms with Gasteiger partial charge in [0.05, 0.1) is 129 Å². The van der Waals surface area contributed by atoms with Crippen molar-refractivity contribution in [3.63, 3.8) is 0 Å². The van der Waals surface area contributed by atoms with E-state index in [1.807, 2.05) is 53.4 Å². The number of carbonyl (C=O) groups is 7. The normalized spacial score (nSPS) is 13.4. The van der Waals surface area contributed by atoms with Gasteiger partial charge in [0.25, 0.3) is 23.6 Å². The van der Waals surface area contributed by atoms with Crippen LogP contribution >= 0.6 is 11.6 Å². The summed E-state index contributed by atoms with van der Waals surface area (Å²) in [4.78, 5) is 90.9. The number of halogens is 1. The molecule has 1 aliphatic rings. The number of anilines is 5. The highest BCUT2D eigenvalue weighted by atomic mass is 35.5. The van der Waals surface area contributed by atoms with Crippen LogP contribution in [0.5, 0.6) is 0 Å². The molecule has 6 aromatic rings. The molecule has 0 bridgehead atoms. The quantitative estimate of drug-likeness (QED) is 0.0206. The van der Waals surface area contributed by atoms with E-state index in [0.29, 0.717) is 139 Å². The van der Waals surface area contributed by atoms with Crippen LogP contribution in [0.3, 0.4) is 0 Å². The summed E-state index contributed by atoms with van der Waals surface area (Å²) in [5.74, 6) is -2.08. The van der Waals surface area contributed by atoms with Gasteiger partial charge in [-0.1, -0.05) is 29.8 Å². The summed E-state index contributed by atoms with van der Waals surface area (Å²) in [6.45, 7) is 10.7. The van der Waals surface area contributed by atoms with E-state index in [1.54, 1.807) is 78.6 Å². The first-order chi connectivity index (χ1) is 46.0. The summed E-state index contributed by atoms with van der Waals surface area (Å²) in [5, 5.41) is 20.9. The minimum absolute atomic E-state index is 0.00174. The number of carbonyl (C=O) groups excluding carboxylic acids is 7. The maximum atomic E-state index is 13.0. The van der Waals surface area contributed by atoms with Gasteiger partial charge >= 0.3 is 0 Å². The Morgan fingerprint density at radius 1 is 0.474 bits per heavy atom. The summed E-state index contributed by atoms with van der Waals surface area (Å²) in [6.07, 6.45) is 5.64. The number of aromatic nitrogens is 3. The van der Waals surface area contributed by atoms with E-state index in [9.17, 15) is 33.6 Å². The molecular weight excluding hydrogens is 1250 g/mol. The number of fused-ring (bicyclic) bond motifs is 1. The first kappa shape index (κ1) is 73.9. The number of ether oxygens (including phenoxy) is 8. The van der Waals surface area contributed by atoms with E-state index in [2.05, 4.69) is 50.2 Å². The zero-order valence-corrected chi connectivity index (χ0v) is 55.4. The van der Waals surface area contributed by atoms with Crippen molar-refractivity contribution in [2.24, 2.45) is 26.9 Å². The van der Waals surface area contributed by atoms with E-state index >= 15 is 0 Å². The minimum atomic E-state index is -0.452. The van der Waals surface area contributed by atoms with Gasteiger partial charge in [-0.25, -0.2) is 0 Å². The Bertz CT molecular complexity index is 3450. The molecule has 9 N–H and O–H groups in total. The topological polar surface area (TPSA) is 322 Å². The molecule has 1 aliphatic heterocycles. The van der Waals surface area contributed by atoms with Crippen LogP contribution in [0.4, 0.5) is 28.4 Å². The number of nitrogens with one attached hydrogen (secondary N) is 7. The molecule has 7 amide bonds. The molecule has 0 spiro atoms. The fraction of sp³-hybridized carbons (Fsp3) is 0.448. The molecule has 0 aliphatic carbocycles. The highest BCUT2D eigenvalue weighted by molar-refractivity contribution is 6.30. The summed E-state index contributed by atoms with van der Waals surface area (Å²) >= 11 is 6.13. The molecule has 2 atom stereocenters. The molecule has 28 heteroatoms. The molecule has 514 valence electrons. The maximum absolute atomic E-state index is 13.0. The number of amides is 7. The maximum Gasteiger partial charge on any atom is 0.272 e. The number of aryl methyl sites for hydroxylation is 3. The zero-order chi connectivity index (χ0) is 67.9. The fourth-order valence-corrected chi connectivity index (χ4v) is 10.4. The average Bonchev–Trinajstić information content (AvgIpc) is 1.79. The van der Waals surface area contributed by atoms with Gasteiger partial charge in [-0.15, -0.1) is 0 Å². The summed E-state index contributed by atoms with van der Waals surface area (Å²) in [6, 6.07) is 25.8. The summed E-state index contributed by atoms with van der Waals surface area (Å²) in [5.41, 5.74) is 12.9. The van der Waals surface area contributed by atoms with Crippen molar-refractivity contribution in [2.45, 2.75) is 45.2 Å². The molecule has 4 heterocycles. The van der Waals surface area contributed by atoms with Crippen LogP contribution in [-0.4, -0.2) is 193 Å². The fourth-order valence-electron chi connectivity index (χ4n) is 10.3. The Balaban J connectivity index is 0.608. The van der Waals surface area contributed by atoms with Crippen LogP contribution < -0.4 is 47.9 Å². The van der Waals surface area contributed by atoms with Crippen LogP contribution in [-0.2, 0) is 73.4 Å². The van der Waals surface area contributed by atoms with Gasteiger partial charge in [0, 0.05) is 114 Å². The third-order valence-electron chi connectivity index (χ3n) is 14.9. The molecule has 95 heavy (non-hydrogen) atoms. The van der Waals surface area contributed by atoms with E-state index in [1.165, 1.54) is 12.1 Å². The van der Waals surface area contributed by atoms with Crippen molar-refractivity contribution < 1.29 is 71.5 Å². The number of hydrogen-bond donors (Lipinski definition) is 8. The van der Waals surface area contributed by atoms with E-state index in [-0.39, 0.29) is 92.1 Å². The Labute approximate surface area is 558 Å². The minimum Gasteiger partial charge on any atom is -0.378 e. The highest BCUT2D eigenvalue weighted by Gasteiger charge is 2.33. The third kappa shape index (κ3) is 24.4. The van der Waals surface area contributed by atoms with Gasteiger partial charge in [-0.3, -0.25) is 33.6 Å². The molecule has 27 nitrogen and oxygen atoms in total. The molecular formula is C67H89ClN12O15. The van der Waals surface area contributed by atoms with E-state index in [4.69, 9.17) is 55.2 Å². The van der Waals surface area contributed by atoms with Crippen molar-refractivity contribution in [1.29, 1.82) is 0 Å². The summed E-state index contributed by atoms with van der Waals surface area (Å²) < 4.78 is 49.2. The van der Waals surface area contributed by atoms with Gasteiger partial charge in [-0.2, -0.15) is 0 Å². The molecule has 0 fully saturated rings. The molecule has 3 aromatic carbocycles. The van der Waals surface area contributed by atoms with Crippen LogP contribution in [0.25, 0.3) is 11.1 Å². The highest BCUT2D eigenvalue weighted by Crippen LogP contribution is 2.41. The number of nitrogens with zero attached hydrogens (tertiary/aromatic N) is 4. The Kier molecular flexibility index (Phi) is 30.7. The molecule has 0 saturated carbocycles. The van der Waals surface area contributed by atoms with Crippen molar-refractivity contribution in [3.8, 4) is 11.1 Å². The van der Waals surface area contributed by atoms with Crippen LogP contribution in [0.15, 0.2) is 104 Å². The third-order valence-corrected chi connectivity index (χ3v) is 15.2. The monoisotopic (exact) mass is 1340 g/mol. The number of rotatable bonds is 42. The molecule has 0 radical (unpaired) electrons.